The summed E-state index contributed by atoms with van der Waals surface area (Å²) in [7, 11) is 0. The number of β-amino-alcohol motifs (C(OH)–C–C–N with tert-alkyl or cyclic N) is 1. The minimum absolute atomic E-state index is 0.0254. The molecule has 0 radical (unpaired) electrons. The molecule has 1 aliphatic rings. The van der Waals surface area contributed by atoms with E-state index in [1.807, 2.05) is 4.90 Å². The van der Waals surface area contributed by atoms with Gasteiger partial charge in [-0.25, -0.2) is 9.97 Å². The molecular formula is C17H14F6N4O. The lowest BCUT2D eigenvalue weighted by atomic mass is 10.1. The van der Waals surface area contributed by atoms with Gasteiger partial charge in [0.2, 0.25) is 0 Å². The Bertz CT molecular complexity index is 1040. The SMILES string of the molecule is OC1CCN(Cc2cn3c(ccc4c(C(F)(F)F)cc(C(F)(F)F)nc43)n2)C1. The van der Waals surface area contributed by atoms with E-state index in [9.17, 15) is 31.4 Å². The van der Waals surface area contributed by atoms with Gasteiger partial charge in [0.15, 0.2) is 0 Å². The Hall–Kier alpha value is -2.40. The van der Waals surface area contributed by atoms with Gasteiger partial charge in [-0.05, 0) is 24.6 Å². The Kier molecular flexibility index (Phi) is 4.27. The smallest absolute Gasteiger partial charge is 0.392 e. The summed E-state index contributed by atoms with van der Waals surface area (Å²) in [5, 5.41) is 9.15. The lowest BCUT2D eigenvalue weighted by Gasteiger charge is -2.14. The molecule has 1 fully saturated rings. The first kappa shape index (κ1) is 18.9. The molecule has 0 saturated carbocycles. The number of fused-ring (bicyclic) bond motifs is 3. The van der Waals surface area contributed by atoms with Crippen molar-refractivity contribution in [2.45, 2.75) is 31.4 Å². The van der Waals surface area contributed by atoms with Gasteiger partial charge in [-0.15, -0.1) is 0 Å². The molecule has 3 aromatic heterocycles. The van der Waals surface area contributed by atoms with Crippen LogP contribution in [0.2, 0.25) is 0 Å². The lowest BCUT2D eigenvalue weighted by molar-refractivity contribution is -0.144. The van der Waals surface area contributed by atoms with Crippen LogP contribution in [0.15, 0.2) is 24.4 Å². The largest absolute Gasteiger partial charge is 0.433 e. The minimum atomic E-state index is -5.02. The second kappa shape index (κ2) is 6.31. The number of imidazole rings is 1. The second-order valence-corrected chi connectivity index (χ2v) is 6.76. The number of pyridine rings is 2. The number of hydrogen-bond donors (Lipinski definition) is 1. The molecule has 1 saturated heterocycles. The summed E-state index contributed by atoms with van der Waals surface area (Å²) in [6, 6.07) is 2.42. The Morgan fingerprint density at radius 1 is 1.07 bits per heavy atom. The van der Waals surface area contributed by atoms with E-state index in [1.54, 1.807) is 0 Å². The molecule has 3 aromatic rings. The molecule has 0 aromatic carbocycles. The van der Waals surface area contributed by atoms with Crippen LogP contribution in [0.4, 0.5) is 26.3 Å². The Balaban J connectivity index is 1.88. The summed E-state index contributed by atoms with van der Waals surface area (Å²) in [4.78, 5) is 9.63. The van der Waals surface area contributed by atoms with Crippen LogP contribution in [0.3, 0.4) is 0 Å². The average Bonchev–Trinajstić information content (AvgIpc) is 3.17. The molecule has 1 N–H and O–H groups in total. The minimum Gasteiger partial charge on any atom is -0.392 e. The predicted octanol–water partition coefficient (Wildman–Crippen LogP) is 3.49. The van der Waals surface area contributed by atoms with Gasteiger partial charge in [-0.3, -0.25) is 9.30 Å². The fraction of sp³-hybridized carbons (Fsp3) is 0.412. The van der Waals surface area contributed by atoms with Crippen LogP contribution in [0.5, 0.6) is 0 Å². The zero-order chi connectivity index (χ0) is 20.3. The van der Waals surface area contributed by atoms with Gasteiger partial charge in [0, 0.05) is 31.2 Å². The monoisotopic (exact) mass is 404 g/mol. The van der Waals surface area contributed by atoms with Crippen LogP contribution < -0.4 is 0 Å². The van der Waals surface area contributed by atoms with E-state index in [1.165, 1.54) is 12.3 Å². The molecule has 28 heavy (non-hydrogen) atoms. The van der Waals surface area contributed by atoms with E-state index in [0.29, 0.717) is 31.7 Å². The molecule has 5 nitrogen and oxygen atoms in total. The van der Waals surface area contributed by atoms with Crippen molar-refractivity contribution in [3.05, 3.63) is 41.3 Å². The molecule has 0 bridgehead atoms. The highest BCUT2D eigenvalue weighted by Gasteiger charge is 2.39. The summed E-state index contributed by atoms with van der Waals surface area (Å²) in [5.74, 6) is 0. The normalized spacial score (nSPS) is 19.2. The fourth-order valence-corrected chi connectivity index (χ4v) is 3.42. The van der Waals surface area contributed by atoms with E-state index in [4.69, 9.17) is 0 Å². The first-order chi connectivity index (χ1) is 13.0. The summed E-state index contributed by atoms with van der Waals surface area (Å²) in [6.45, 7) is 1.39. The van der Waals surface area contributed by atoms with Gasteiger partial charge in [-0.1, -0.05) is 0 Å². The highest BCUT2D eigenvalue weighted by Crippen LogP contribution is 2.38. The number of rotatable bonds is 2. The maximum atomic E-state index is 13.3. The van der Waals surface area contributed by atoms with Gasteiger partial charge >= 0.3 is 12.4 Å². The molecular weight excluding hydrogens is 390 g/mol. The first-order valence-corrected chi connectivity index (χ1v) is 8.39. The summed E-state index contributed by atoms with van der Waals surface area (Å²) < 4.78 is 80.5. The zero-order valence-electron chi connectivity index (χ0n) is 14.2. The van der Waals surface area contributed by atoms with Crippen LogP contribution in [-0.4, -0.2) is 43.6 Å². The number of alkyl halides is 6. The number of halogens is 6. The van der Waals surface area contributed by atoms with Gasteiger partial charge in [0.25, 0.3) is 0 Å². The topological polar surface area (TPSA) is 53.7 Å². The van der Waals surface area contributed by atoms with Crippen LogP contribution >= 0.6 is 0 Å². The number of aromatic nitrogens is 3. The van der Waals surface area contributed by atoms with Crippen LogP contribution in [0.25, 0.3) is 16.7 Å². The highest BCUT2D eigenvalue weighted by molar-refractivity contribution is 5.83. The third kappa shape index (κ3) is 3.39. The predicted molar refractivity (Wildman–Crippen MR) is 86.4 cm³/mol. The average molecular weight is 404 g/mol. The highest BCUT2D eigenvalue weighted by atomic mass is 19.4. The molecule has 1 aliphatic heterocycles. The molecule has 0 amide bonds. The van der Waals surface area contributed by atoms with Gasteiger partial charge in [-0.2, -0.15) is 26.3 Å². The van der Waals surface area contributed by atoms with Gasteiger partial charge in [0.1, 0.15) is 17.0 Å². The number of aliphatic hydroxyl groups is 1. The quantitative estimate of drug-likeness (QED) is 0.665. The first-order valence-electron chi connectivity index (χ1n) is 8.39. The van der Waals surface area contributed by atoms with Crippen LogP contribution in [0, 0.1) is 0 Å². The van der Waals surface area contributed by atoms with Crippen LogP contribution in [-0.2, 0) is 18.9 Å². The van der Waals surface area contributed by atoms with Crippen molar-refractivity contribution in [3.8, 4) is 0 Å². The molecule has 4 rings (SSSR count). The summed E-state index contributed by atoms with van der Waals surface area (Å²) >= 11 is 0. The maximum Gasteiger partial charge on any atom is 0.433 e. The third-order valence-corrected chi connectivity index (χ3v) is 4.68. The number of likely N-dealkylation sites (tertiary alicyclic amines) is 1. The standard InChI is InChI=1S/C17H14F6N4O/c18-16(19,20)12-5-13(17(21,22)23)25-15-11(12)1-2-14-24-9(7-27(14)15)6-26-4-3-10(28)8-26/h1-2,5,7,10,28H,3-4,6,8H2. The molecule has 0 spiro atoms. The molecule has 1 atom stereocenters. The summed E-state index contributed by atoms with van der Waals surface area (Å²) in [6.07, 6.45) is -8.46. The van der Waals surface area contributed by atoms with Crippen molar-refractivity contribution < 1.29 is 31.4 Å². The zero-order valence-corrected chi connectivity index (χ0v) is 14.2. The lowest BCUT2D eigenvalue weighted by Crippen LogP contribution is -2.21. The fourth-order valence-electron chi connectivity index (χ4n) is 3.42. The van der Waals surface area contributed by atoms with Crippen molar-refractivity contribution >= 4 is 16.7 Å². The molecule has 4 heterocycles. The Labute approximate surface area is 154 Å². The number of nitrogens with zero attached hydrogens (tertiary/aromatic N) is 4. The van der Waals surface area contributed by atoms with Crippen molar-refractivity contribution in [2.24, 2.45) is 0 Å². The Morgan fingerprint density at radius 3 is 2.43 bits per heavy atom. The number of aliphatic hydroxyl groups excluding tert-OH is 1. The number of hydrogen-bond acceptors (Lipinski definition) is 4. The molecule has 1 unspecified atom stereocenters. The molecule has 0 aliphatic carbocycles. The van der Waals surface area contributed by atoms with E-state index in [0.717, 1.165) is 10.5 Å². The van der Waals surface area contributed by atoms with E-state index in [-0.39, 0.29) is 11.7 Å². The van der Waals surface area contributed by atoms with Crippen molar-refractivity contribution in [1.82, 2.24) is 19.3 Å². The van der Waals surface area contributed by atoms with Crippen molar-refractivity contribution in [2.75, 3.05) is 13.1 Å². The van der Waals surface area contributed by atoms with Crippen LogP contribution in [0.1, 0.15) is 23.4 Å². The van der Waals surface area contributed by atoms with E-state index >= 15 is 0 Å². The van der Waals surface area contributed by atoms with E-state index in [2.05, 4.69) is 9.97 Å². The van der Waals surface area contributed by atoms with Crippen molar-refractivity contribution in [3.63, 3.8) is 0 Å². The van der Waals surface area contributed by atoms with Gasteiger partial charge < -0.3 is 5.11 Å². The van der Waals surface area contributed by atoms with E-state index < -0.39 is 40.7 Å². The Morgan fingerprint density at radius 2 is 1.82 bits per heavy atom. The maximum absolute atomic E-state index is 13.3. The second-order valence-electron chi connectivity index (χ2n) is 6.76. The van der Waals surface area contributed by atoms with Crippen molar-refractivity contribution in [1.29, 1.82) is 0 Å². The molecule has 150 valence electrons. The molecule has 11 heteroatoms. The summed E-state index contributed by atoms with van der Waals surface area (Å²) in [5.41, 5.74) is -2.81. The van der Waals surface area contributed by atoms with Gasteiger partial charge in [0.05, 0.1) is 17.4 Å². The third-order valence-electron chi connectivity index (χ3n) is 4.68.